The lowest BCUT2D eigenvalue weighted by Gasteiger charge is -2.28. The minimum atomic E-state index is -0.203. The highest BCUT2D eigenvalue weighted by molar-refractivity contribution is 5.80. The highest BCUT2D eigenvalue weighted by atomic mass is 16.5. The summed E-state index contributed by atoms with van der Waals surface area (Å²) in [7, 11) is 0. The Morgan fingerprint density at radius 1 is 1.23 bits per heavy atom. The van der Waals surface area contributed by atoms with Crippen molar-refractivity contribution in [2.75, 3.05) is 36.5 Å². The van der Waals surface area contributed by atoms with Crippen molar-refractivity contribution in [3.8, 4) is 5.75 Å². The van der Waals surface area contributed by atoms with Gasteiger partial charge in [0.1, 0.15) is 11.6 Å². The molecule has 8 heteroatoms. The summed E-state index contributed by atoms with van der Waals surface area (Å²) in [6, 6.07) is 8.61. The van der Waals surface area contributed by atoms with Crippen molar-refractivity contribution >= 4 is 23.4 Å². The van der Waals surface area contributed by atoms with E-state index in [0.29, 0.717) is 32.3 Å². The third kappa shape index (κ3) is 3.55. The quantitative estimate of drug-likeness (QED) is 0.711. The molecule has 0 aliphatic carbocycles. The summed E-state index contributed by atoms with van der Waals surface area (Å²) in [5.74, 6) is 1.31. The molecule has 0 unspecified atom stereocenters. The number of aromatic nitrogens is 2. The molecule has 26 heavy (non-hydrogen) atoms. The number of ether oxygens (including phenoxy) is 1. The van der Waals surface area contributed by atoms with Crippen molar-refractivity contribution in [3.63, 3.8) is 0 Å². The first-order valence-corrected chi connectivity index (χ1v) is 8.61. The zero-order valence-corrected chi connectivity index (χ0v) is 14.5. The van der Waals surface area contributed by atoms with Crippen LogP contribution < -0.4 is 15.5 Å². The van der Waals surface area contributed by atoms with Gasteiger partial charge >= 0.3 is 0 Å². The average molecular weight is 355 g/mol. The molecule has 1 aromatic carbocycles. The van der Waals surface area contributed by atoms with Crippen LogP contribution in [0, 0.1) is 12.8 Å². The molecule has 3 heterocycles. The fourth-order valence-corrected chi connectivity index (χ4v) is 3.26. The van der Waals surface area contributed by atoms with Gasteiger partial charge in [0.15, 0.2) is 0 Å². The summed E-state index contributed by atoms with van der Waals surface area (Å²) in [5, 5.41) is 15.6. The summed E-state index contributed by atoms with van der Waals surface area (Å²) in [6.07, 6.45) is 0. The molecule has 8 nitrogen and oxygen atoms in total. The van der Waals surface area contributed by atoms with Gasteiger partial charge in [-0.25, -0.2) is 4.98 Å². The number of nitrogens with zero attached hydrogens (tertiary/aromatic N) is 3. The number of nitrogens with one attached hydrogen (secondary N) is 2. The van der Waals surface area contributed by atoms with Crippen LogP contribution in [0.15, 0.2) is 30.3 Å². The zero-order valence-electron chi connectivity index (χ0n) is 14.5. The van der Waals surface area contributed by atoms with E-state index in [1.165, 1.54) is 0 Å². The number of hydrogen-bond acceptors (Lipinski definition) is 7. The Morgan fingerprint density at radius 2 is 2.04 bits per heavy atom. The number of rotatable bonds is 3. The standard InChI is InChI=1S/C18H21N5O3/c1-11-6-16(22-18(19-11)21-13-2-4-15(24)5-3-13)23-7-12-9-26-10-14(8-23)20-17(12)25/h2-6,12,14,24H,7-10H2,1H3,(H,20,25)(H,19,21,22)/t12-,14+/m1/s1. The summed E-state index contributed by atoms with van der Waals surface area (Å²) in [5.41, 5.74) is 1.62. The number of amides is 1. The first-order chi connectivity index (χ1) is 12.6. The number of anilines is 3. The number of carbonyl (C=O) groups is 1. The second-order valence-electron chi connectivity index (χ2n) is 6.71. The second-order valence-corrected chi connectivity index (χ2v) is 6.71. The van der Waals surface area contributed by atoms with Crippen molar-refractivity contribution in [1.82, 2.24) is 15.3 Å². The molecular weight excluding hydrogens is 334 g/mol. The Balaban J connectivity index is 1.59. The van der Waals surface area contributed by atoms with E-state index in [1.807, 2.05) is 13.0 Å². The zero-order chi connectivity index (χ0) is 18.1. The lowest BCUT2D eigenvalue weighted by molar-refractivity contribution is -0.124. The van der Waals surface area contributed by atoms with E-state index < -0.39 is 0 Å². The first-order valence-electron chi connectivity index (χ1n) is 8.61. The van der Waals surface area contributed by atoms with Crippen LogP contribution >= 0.6 is 0 Å². The van der Waals surface area contributed by atoms with Gasteiger partial charge in [-0.05, 0) is 31.2 Å². The SMILES string of the molecule is Cc1cc(N2C[C@H]3COC[C@@H](C2)C(=O)N3)nc(Nc2ccc(O)cc2)n1. The Kier molecular flexibility index (Phi) is 4.34. The van der Waals surface area contributed by atoms with E-state index in [9.17, 15) is 9.90 Å². The fraction of sp³-hybridized carbons (Fsp3) is 0.389. The smallest absolute Gasteiger partial charge is 0.229 e. The predicted octanol–water partition coefficient (Wildman–Crippen LogP) is 1.19. The van der Waals surface area contributed by atoms with Crippen LogP contribution in [0.25, 0.3) is 0 Å². The van der Waals surface area contributed by atoms with Gasteiger partial charge < -0.3 is 25.4 Å². The van der Waals surface area contributed by atoms with E-state index in [-0.39, 0.29) is 23.6 Å². The van der Waals surface area contributed by atoms with E-state index in [1.54, 1.807) is 24.3 Å². The molecule has 0 spiro atoms. The minimum absolute atomic E-state index is 0.0428. The van der Waals surface area contributed by atoms with E-state index in [2.05, 4.69) is 25.5 Å². The third-order valence-corrected chi connectivity index (χ3v) is 4.52. The number of fused-ring (bicyclic) bond motifs is 3. The lowest BCUT2D eigenvalue weighted by atomic mass is 10.1. The van der Waals surface area contributed by atoms with Crippen LogP contribution in [0.4, 0.5) is 17.5 Å². The van der Waals surface area contributed by atoms with Gasteiger partial charge in [-0.1, -0.05) is 0 Å². The molecule has 2 aliphatic heterocycles. The molecule has 2 saturated heterocycles. The molecule has 4 rings (SSSR count). The molecule has 2 fully saturated rings. The highest BCUT2D eigenvalue weighted by Gasteiger charge is 2.33. The Hall–Kier alpha value is -2.87. The van der Waals surface area contributed by atoms with Crippen LogP contribution in [0.5, 0.6) is 5.75 Å². The van der Waals surface area contributed by atoms with Gasteiger partial charge in [0.25, 0.3) is 0 Å². The van der Waals surface area contributed by atoms with Crippen LogP contribution in [-0.2, 0) is 9.53 Å². The minimum Gasteiger partial charge on any atom is -0.508 e. The Labute approximate surface area is 151 Å². The molecule has 2 atom stereocenters. The maximum atomic E-state index is 12.2. The van der Waals surface area contributed by atoms with E-state index in [4.69, 9.17) is 4.74 Å². The predicted molar refractivity (Wildman–Crippen MR) is 96.6 cm³/mol. The van der Waals surface area contributed by atoms with Crippen LogP contribution in [0.2, 0.25) is 0 Å². The van der Waals surface area contributed by atoms with Gasteiger partial charge in [0.05, 0.1) is 25.2 Å². The van der Waals surface area contributed by atoms with Crippen molar-refractivity contribution in [3.05, 3.63) is 36.0 Å². The number of aromatic hydroxyl groups is 1. The first kappa shape index (κ1) is 16.6. The summed E-state index contributed by atoms with van der Waals surface area (Å²) in [6.45, 7) is 4.08. The molecule has 2 aromatic rings. The number of phenols is 1. The lowest BCUT2D eigenvalue weighted by Crippen LogP contribution is -2.42. The topological polar surface area (TPSA) is 99.6 Å². The molecule has 136 valence electrons. The molecule has 2 bridgehead atoms. The molecule has 0 radical (unpaired) electrons. The number of hydrogen-bond donors (Lipinski definition) is 3. The number of aryl methyl sites for hydroxylation is 1. The molecule has 1 aromatic heterocycles. The van der Waals surface area contributed by atoms with Crippen molar-refractivity contribution in [2.45, 2.75) is 13.0 Å². The molecule has 1 amide bonds. The number of benzene rings is 1. The van der Waals surface area contributed by atoms with Gasteiger partial charge in [-0.2, -0.15) is 4.98 Å². The maximum Gasteiger partial charge on any atom is 0.229 e. The summed E-state index contributed by atoms with van der Waals surface area (Å²) >= 11 is 0. The highest BCUT2D eigenvalue weighted by Crippen LogP contribution is 2.23. The second kappa shape index (κ2) is 6.80. The normalized spacial score (nSPS) is 22.5. The Bertz CT molecular complexity index is 811. The Morgan fingerprint density at radius 3 is 2.85 bits per heavy atom. The van der Waals surface area contributed by atoms with Gasteiger partial charge in [0, 0.05) is 30.5 Å². The fourth-order valence-electron chi connectivity index (χ4n) is 3.26. The van der Waals surface area contributed by atoms with Crippen LogP contribution in [0.3, 0.4) is 0 Å². The monoisotopic (exact) mass is 355 g/mol. The van der Waals surface area contributed by atoms with Crippen molar-refractivity contribution in [1.29, 1.82) is 0 Å². The average Bonchev–Trinajstić information content (AvgIpc) is 2.85. The molecule has 3 N–H and O–H groups in total. The van der Waals surface area contributed by atoms with Gasteiger partial charge in [-0.15, -0.1) is 0 Å². The van der Waals surface area contributed by atoms with Gasteiger partial charge in [0.2, 0.25) is 11.9 Å². The van der Waals surface area contributed by atoms with Gasteiger partial charge in [-0.3, -0.25) is 4.79 Å². The molecular formula is C18H21N5O3. The van der Waals surface area contributed by atoms with Crippen LogP contribution in [0.1, 0.15) is 5.69 Å². The molecule has 2 aliphatic rings. The number of phenolic OH excluding ortho intramolecular Hbond substituents is 1. The van der Waals surface area contributed by atoms with E-state index in [0.717, 1.165) is 17.2 Å². The van der Waals surface area contributed by atoms with Crippen molar-refractivity contribution < 1.29 is 14.6 Å². The number of carbonyl (C=O) groups excluding carboxylic acids is 1. The third-order valence-electron chi connectivity index (χ3n) is 4.52. The van der Waals surface area contributed by atoms with Crippen molar-refractivity contribution in [2.24, 2.45) is 5.92 Å². The summed E-state index contributed by atoms with van der Waals surface area (Å²) in [4.78, 5) is 23.4. The summed E-state index contributed by atoms with van der Waals surface area (Å²) < 4.78 is 5.58. The largest absolute Gasteiger partial charge is 0.508 e. The van der Waals surface area contributed by atoms with Crippen LogP contribution in [-0.4, -0.2) is 53.3 Å². The van der Waals surface area contributed by atoms with E-state index >= 15 is 0 Å². The maximum absolute atomic E-state index is 12.2. The molecule has 0 saturated carbocycles.